The molecule has 0 aromatic carbocycles. The highest BCUT2D eigenvalue weighted by Gasteiger charge is 2.75. The van der Waals surface area contributed by atoms with Crippen molar-refractivity contribution >= 4 is 7.82 Å². The summed E-state index contributed by atoms with van der Waals surface area (Å²) in [5.41, 5.74) is 0. The van der Waals surface area contributed by atoms with Crippen LogP contribution in [0.4, 0.5) is 43.9 Å². The lowest BCUT2D eigenvalue weighted by Gasteiger charge is -2.37. The molecule has 0 saturated heterocycles. The van der Waals surface area contributed by atoms with Crippen LogP contribution in [-0.4, -0.2) is 30.8 Å². The Bertz CT molecular complexity index is 383. The van der Waals surface area contributed by atoms with Crippen LogP contribution in [0, 0.1) is 5.92 Å². The van der Waals surface area contributed by atoms with Gasteiger partial charge < -0.3 is 18.9 Å². The second-order valence-electron chi connectivity index (χ2n) is 3.54. The van der Waals surface area contributed by atoms with Crippen LogP contribution < -0.4 is 9.79 Å². The molecule has 0 spiro atoms. The average molecular weight is 360 g/mol. The highest BCUT2D eigenvalue weighted by molar-refractivity contribution is 7.43. The molecular weight excluding hydrogens is 357 g/mol. The fraction of sp³-hybridized carbons (Fsp3) is 1.00. The molecule has 0 aliphatic rings. The van der Waals surface area contributed by atoms with Crippen molar-refractivity contribution in [2.45, 2.75) is 24.2 Å². The summed E-state index contributed by atoms with van der Waals surface area (Å²) >= 11 is 0. The van der Waals surface area contributed by atoms with Crippen molar-refractivity contribution in [3.8, 4) is 0 Å². The molecule has 0 radical (unpaired) electrons. The van der Waals surface area contributed by atoms with Crippen LogP contribution >= 0.6 is 7.82 Å². The lowest BCUT2D eigenvalue weighted by Crippen LogP contribution is -2.58. The molecule has 0 N–H and O–H groups in total. The molecule has 0 amide bonds. The zero-order valence-electron chi connectivity index (χ0n) is 9.14. The summed E-state index contributed by atoms with van der Waals surface area (Å²) in [7, 11) is -6.36. The predicted molar refractivity (Wildman–Crippen MR) is 39.1 cm³/mol. The fourth-order valence-corrected chi connectivity index (χ4v) is 1.33. The monoisotopic (exact) mass is 360 g/mol. The lowest BCUT2D eigenvalue weighted by molar-refractivity contribution is -0.382. The number of rotatable bonds is 5. The van der Waals surface area contributed by atoms with E-state index in [1.807, 2.05) is 0 Å². The van der Waals surface area contributed by atoms with Gasteiger partial charge in [0.2, 0.25) is 0 Å². The minimum atomic E-state index is -6.87. The molecular formula is C6H3F10O4P-2. The van der Waals surface area contributed by atoms with Crippen LogP contribution in [0.1, 0.15) is 0 Å². The molecule has 0 heterocycles. The van der Waals surface area contributed by atoms with E-state index in [1.54, 1.807) is 0 Å². The van der Waals surface area contributed by atoms with Gasteiger partial charge in [-0.3, -0.25) is 0 Å². The second kappa shape index (κ2) is 5.56. The molecule has 0 rings (SSSR count). The third-order valence-corrected chi connectivity index (χ3v) is 2.50. The fourth-order valence-electron chi connectivity index (χ4n) is 0.998. The average Bonchev–Trinajstić information content (AvgIpc) is 2.10. The molecule has 0 aromatic rings. The Morgan fingerprint density at radius 2 is 1.10 bits per heavy atom. The number of alkyl halides is 10. The van der Waals surface area contributed by atoms with E-state index in [2.05, 4.69) is 4.52 Å². The minimum absolute atomic E-state index is 2.74. The van der Waals surface area contributed by atoms with E-state index >= 15 is 0 Å². The molecule has 21 heavy (non-hydrogen) atoms. The van der Waals surface area contributed by atoms with Gasteiger partial charge in [0.25, 0.3) is 0 Å². The van der Waals surface area contributed by atoms with Gasteiger partial charge in [-0.25, -0.2) is 0 Å². The first kappa shape index (κ1) is 20.4. The summed E-state index contributed by atoms with van der Waals surface area (Å²) < 4.78 is 135. The largest absolute Gasteiger partial charge is 0.790 e. The number of hydrogen-bond acceptors (Lipinski definition) is 4. The van der Waals surface area contributed by atoms with Gasteiger partial charge in [-0.15, -0.1) is 0 Å². The molecule has 15 heteroatoms. The van der Waals surface area contributed by atoms with Gasteiger partial charge >= 0.3 is 24.2 Å². The summed E-state index contributed by atoms with van der Waals surface area (Å²) in [5, 5.41) is 0. The van der Waals surface area contributed by atoms with Crippen LogP contribution in [-0.2, 0) is 9.09 Å². The Kier molecular flexibility index (Phi) is 5.40. The Labute approximate surface area is 108 Å². The molecule has 0 bridgehead atoms. The van der Waals surface area contributed by atoms with E-state index in [1.165, 1.54) is 0 Å². The van der Waals surface area contributed by atoms with Crippen molar-refractivity contribution in [1.29, 1.82) is 0 Å². The molecule has 4 nitrogen and oxygen atoms in total. The van der Waals surface area contributed by atoms with Crippen LogP contribution in [0.5, 0.6) is 0 Å². The van der Waals surface area contributed by atoms with Gasteiger partial charge in [-0.1, -0.05) is 0 Å². The van der Waals surface area contributed by atoms with Crippen LogP contribution in [0.2, 0.25) is 0 Å². The van der Waals surface area contributed by atoms with E-state index in [4.69, 9.17) is 0 Å². The molecule has 0 atom stereocenters. The van der Waals surface area contributed by atoms with Crippen molar-refractivity contribution in [2.24, 2.45) is 5.92 Å². The Morgan fingerprint density at radius 1 is 0.810 bits per heavy atom. The maximum absolute atomic E-state index is 12.7. The number of halogens is 10. The van der Waals surface area contributed by atoms with E-state index < -0.39 is 44.5 Å². The van der Waals surface area contributed by atoms with Gasteiger partial charge in [0, 0.05) is 0 Å². The quantitative estimate of drug-likeness (QED) is 0.554. The Hall–Kier alpha value is -0.590. The maximum Gasteiger partial charge on any atom is 0.453 e. The summed E-state index contributed by atoms with van der Waals surface area (Å²) in [5.74, 6) is -18.4. The zero-order chi connectivity index (χ0) is 17.5. The van der Waals surface area contributed by atoms with Gasteiger partial charge in [-0.05, 0) is 0 Å². The van der Waals surface area contributed by atoms with Gasteiger partial charge in [0.05, 0.1) is 14.4 Å². The third-order valence-electron chi connectivity index (χ3n) is 2.03. The molecule has 0 saturated carbocycles. The molecule has 0 fully saturated rings. The van der Waals surface area contributed by atoms with Crippen LogP contribution in [0.15, 0.2) is 0 Å². The second-order valence-corrected chi connectivity index (χ2v) is 4.69. The minimum Gasteiger partial charge on any atom is -0.790 e. The summed E-state index contributed by atoms with van der Waals surface area (Å²) in [4.78, 5) is 19.8. The lowest BCUT2D eigenvalue weighted by atomic mass is 9.93. The molecule has 0 aliphatic heterocycles. The summed E-state index contributed by atoms with van der Waals surface area (Å²) in [6.45, 7) is -3.01. The summed E-state index contributed by atoms with van der Waals surface area (Å²) in [6.07, 6.45) is -13.7. The van der Waals surface area contributed by atoms with E-state index in [0.29, 0.717) is 0 Å². The van der Waals surface area contributed by atoms with Crippen LogP contribution in [0.3, 0.4) is 0 Å². The molecule has 0 aromatic heterocycles. The SMILES string of the molecule is O=P([O-])([O-])OCC(C(F)(F)C(F)(F)F)C(F)(F)C(F)(F)F. The highest BCUT2D eigenvalue weighted by atomic mass is 31.2. The standard InChI is InChI=1S/C6H5F10O4P/c7-3(8,5(11,12)13)2(1-20-21(17,18)19)4(9,10)6(14,15)16/h2H,1H2,(H2,17,18,19)/p-2. The van der Waals surface area contributed by atoms with Crippen LogP contribution in [0.25, 0.3) is 0 Å². The smallest absolute Gasteiger partial charge is 0.453 e. The number of phosphoric ester groups is 1. The molecule has 0 aliphatic carbocycles. The first-order chi connectivity index (χ1) is 8.84. The van der Waals surface area contributed by atoms with Crippen molar-refractivity contribution in [2.75, 3.05) is 6.61 Å². The highest BCUT2D eigenvalue weighted by Crippen LogP contribution is 2.53. The first-order valence-corrected chi connectivity index (χ1v) is 5.85. The normalized spacial score (nSPS) is 15.7. The molecule has 128 valence electrons. The van der Waals surface area contributed by atoms with Gasteiger partial charge in [-0.2, -0.15) is 43.9 Å². The van der Waals surface area contributed by atoms with Crippen molar-refractivity contribution in [1.82, 2.24) is 0 Å². The van der Waals surface area contributed by atoms with Crippen molar-refractivity contribution in [3.05, 3.63) is 0 Å². The Balaban J connectivity index is 5.77. The van der Waals surface area contributed by atoms with Gasteiger partial charge in [0.1, 0.15) is 5.92 Å². The summed E-state index contributed by atoms with van der Waals surface area (Å²) in [6, 6.07) is 0. The third kappa shape index (κ3) is 4.69. The van der Waals surface area contributed by atoms with E-state index in [9.17, 15) is 58.3 Å². The van der Waals surface area contributed by atoms with E-state index in [0.717, 1.165) is 0 Å². The van der Waals surface area contributed by atoms with E-state index in [-0.39, 0.29) is 0 Å². The van der Waals surface area contributed by atoms with Crippen molar-refractivity contribution in [3.63, 3.8) is 0 Å². The van der Waals surface area contributed by atoms with Gasteiger partial charge in [0.15, 0.2) is 0 Å². The number of phosphoric acid groups is 1. The topological polar surface area (TPSA) is 72.4 Å². The maximum atomic E-state index is 12.7. The zero-order valence-corrected chi connectivity index (χ0v) is 10.0. The predicted octanol–water partition coefficient (Wildman–Crippen LogP) is 1.84. The number of hydrogen-bond donors (Lipinski definition) is 0. The first-order valence-electron chi connectivity index (χ1n) is 4.39. The molecule has 0 unspecified atom stereocenters. The Morgan fingerprint density at radius 3 is 1.29 bits per heavy atom. The van der Waals surface area contributed by atoms with Crippen molar-refractivity contribution < 1.29 is 62.8 Å².